The molecule has 0 radical (unpaired) electrons. The van der Waals surface area contributed by atoms with Gasteiger partial charge in [0, 0.05) is 12.7 Å². The van der Waals surface area contributed by atoms with E-state index in [4.69, 9.17) is 23.9 Å². The summed E-state index contributed by atoms with van der Waals surface area (Å²) >= 11 is 0. The Hall–Kier alpha value is -5.53. The smallest absolute Gasteiger partial charge is 0.413 e. The van der Waals surface area contributed by atoms with Gasteiger partial charge in [0.15, 0.2) is 0 Å². The first-order valence-electron chi connectivity index (χ1n) is 17.0. The molecule has 1 fully saturated rings. The molecule has 1 aliphatic heterocycles. The highest BCUT2D eigenvalue weighted by Crippen LogP contribution is 2.26. The Bertz CT molecular complexity index is 1750. The maximum Gasteiger partial charge on any atom is 0.413 e. The second-order valence-corrected chi connectivity index (χ2v) is 11.9. The number of aliphatic hydroxyl groups is 1. The second kappa shape index (κ2) is 19.6. The van der Waals surface area contributed by atoms with Crippen molar-refractivity contribution in [3.8, 4) is 0 Å². The molecule has 13 nitrogen and oxygen atoms in total. The summed E-state index contributed by atoms with van der Waals surface area (Å²) in [6.07, 6.45) is 2.37. The van der Waals surface area contributed by atoms with E-state index in [1.54, 1.807) is 16.8 Å². The van der Waals surface area contributed by atoms with Crippen molar-refractivity contribution in [2.75, 3.05) is 18.5 Å². The number of nitrogens with zero attached hydrogens (tertiary/aromatic N) is 3. The molecule has 0 aliphatic carbocycles. The van der Waals surface area contributed by atoms with Crippen LogP contribution in [0.25, 0.3) is 0 Å². The molecule has 1 aromatic heterocycles. The number of esters is 1. The minimum atomic E-state index is -0.934. The van der Waals surface area contributed by atoms with Gasteiger partial charge in [-0.05, 0) is 54.9 Å². The number of hydrogen-bond acceptors (Lipinski definition) is 10. The number of benzene rings is 3. The molecular weight excluding hydrogens is 654 g/mol. The Labute approximate surface area is 296 Å². The predicted molar refractivity (Wildman–Crippen MR) is 187 cm³/mol. The lowest BCUT2D eigenvalue weighted by Crippen LogP contribution is -2.42. The van der Waals surface area contributed by atoms with Gasteiger partial charge >= 0.3 is 18.2 Å². The van der Waals surface area contributed by atoms with Gasteiger partial charge in [0.05, 0.1) is 12.7 Å². The highest BCUT2D eigenvalue weighted by atomic mass is 16.6. The van der Waals surface area contributed by atoms with E-state index < -0.39 is 24.2 Å². The number of alkyl carbamates (subject to hydrolysis) is 1. The molecule has 0 spiro atoms. The minimum Gasteiger partial charge on any atom is -0.459 e. The van der Waals surface area contributed by atoms with Gasteiger partial charge in [0.25, 0.3) is 0 Å². The number of hydrogen-bond donors (Lipinski definition) is 3. The van der Waals surface area contributed by atoms with Crippen LogP contribution in [0.1, 0.15) is 55.0 Å². The standard InChI is InChI=1S/C38H43N5O8/c44-24-31-19-20-34(51-31)43-23-21-33(42-38(47)50-27-30-16-8-3-9-17-30)41-36(43)39-22-11-10-18-32(35(45)48-25-28-12-4-1-5-13-28)40-37(46)49-26-29-14-6-2-7-15-29/h1-9,12-17,21,23,31-32,34,44H,10-11,18-20,22,24-27H2,(H,40,46)(H,39,41,42,47)/t31-,32-,34+/m0/s1. The van der Waals surface area contributed by atoms with Crippen LogP contribution in [0.5, 0.6) is 0 Å². The number of carbonyl (C=O) groups is 3. The number of amides is 2. The highest BCUT2D eigenvalue weighted by molar-refractivity contribution is 5.83. The fourth-order valence-corrected chi connectivity index (χ4v) is 5.35. The van der Waals surface area contributed by atoms with E-state index in [-0.39, 0.29) is 51.0 Å². The van der Waals surface area contributed by atoms with Crippen molar-refractivity contribution < 1.29 is 38.4 Å². The molecule has 3 atom stereocenters. The van der Waals surface area contributed by atoms with Crippen LogP contribution in [0.15, 0.2) is 108 Å². The van der Waals surface area contributed by atoms with Gasteiger partial charge in [-0.25, -0.2) is 14.4 Å². The number of rotatable bonds is 16. The molecule has 0 bridgehead atoms. The first kappa shape index (κ1) is 36.7. The topological polar surface area (TPSA) is 163 Å². The van der Waals surface area contributed by atoms with E-state index in [0.29, 0.717) is 37.8 Å². The Kier molecular flexibility index (Phi) is 14.1. The highest BCUT2D eigenvalue weighted by Gasteiger charge is 2.27. The first-order chi connectivity index (χ1) is 25.0. The number of unbranched alkanes of at least 4 members (excludes halogenated alkanes) is 1. The van der Waals surface area contributed by atoms with Crippen LogP contribution in [0.4, 0.5) is 15.4 Å². The van der Waals surface area contributed by atoms with Gasteiger partial charge in [-0.1, -0.05) is 91.0 Å². The minimum absolute atomic E-state index is 0.0623. The summed E-state index contributed by atoms with van der Waals surface area (Å²) in [7, 11) is 0. The van der Waals surface area contributed by atoms with Gasteiger partial charge in [-0.2, -0.15) is 4.98 Å². The molecule has 2 heterocycles. The van der Waals surface area contributed by atoms with Crippen molar-refractivity contribution in [3.05, 3.63) is 126 Å². The van der Waals surface area contributed by atoms with Gasteiger partial charge in [0.2, 0.25) is 5.62 Å². The Morgan fingerprint density at radius 3 is 1.98 bits per heavy atom. The van der Waals surface area contributed by atoms with E-state index in [0.717, 1.165) is 16.7 Å². The first-order valence-corrected chi connectivity index (χ1v) is 17.0. The number of ether oxygens (including phenoxy) is 4. The molecule has 3 N–H and O–H groups in total. The molecule has 3 aromatic carbocycles. The quantitative estimate of drug-likeness (QED) is 0.0790. The molecule has 51 heavy (non-hydrogen) atoms. The summed E-state index contributed by atoms with van der Waals surface area (Å²) in [4.78, 5) is 47.5. The van der Waals surface area contributed by atoms with Crippen molar-refractivity contribution >= 4 is 24.0 Å². The fourth-order valence-electron chi connectivity index (χ4n) is 5.35. The summed E-state index contributed by atoms with van der Waals surface area (Å²) in [5.41, 5.74) is 2.82. The second-order valence-electron chi connectivity index (χ2n) is 11.9. The van der Waals surface area contributed by atoms with Crippen LogP contribution in [0.3, 0.4) is 0 Å². The van der Waals surface area contributed by atoms with E-state index in [1.807, 2.05) is 91.0 Å². The van der Waals surface area contributed by atoms with E-state index in [2.05, 4.69) is 15.6 Å². The normalized spacial score (nSPS) is 16.2. The Morgan fingerprint density at radius 1 is 0.804 bits per heavy atom. The summed E-state index contributed by atoms with van der Waals surface area (Å²) in [5.74, 6) is -0.319. The maximum absolute atomic E-state index is 13.1. The third-order valence-corrected chi connectivity index (χ3v) is 8.05. The van der Waals surface area contributed by atoms with Crippen LogP contribution >= 0.6 is 0 Å². The van der Waals surface area contributed by atoms with Crippen LogP contribution in [0.2, 0.25) is 0 Å². The molecule has 0 saturated carbocycles. The summed E-state index contributed by atoms with van der Waals surface area (Å²) in [6, 6.07) is 28.6. The van der Waals surface area contributed by atoms with E-state index >= 15 is 0 Å². The van der Waals surface area contributed by atoms with Crippen molar-refractivity contribution in [1.82, 2.24) is 14.9 Å². The lowest BCUT2D eigenvalue weighted by molar-refractivity contribution is -0.147. The molecule has 13 heteroatoms. The maximum atomic E-state index is 13.1. The lowest BCUT2D eigenvalue weighted by atomic mass is 10.1. The molecule has 4 aromatic rings. The average Bonchev–Trinajstić information content (AvgIpc) is 3.65. The van der Waals surface area contributed by atoms with Crippen molar-refractivity contribution in [2.24, 2.45) is 4.99 Å². The molecule has 268 valence electrons. The Balaban J connectivity index is 1.20. The number of aliphatic hydroxyl groups excluding tert-OH is 1. The van der Waals surface area contributed by atoms with E-state index in [9.17, 15) is 19.5 Å². The van der Waals surface area contributed by atoms with Crippen molar-refractivity contribution in [1.29, 1.82) is 0 Å². The van der Waals surface area contributed by atoms with Crippen LogP contribution < -0.4 is 16.3 Å². The van der Waals surface area contributed by atoms with Crippen LogP contribution in [0, 0.1) is 0 Å². The molecule has 1 saturated heterocycles. The SMILES string of the molecule is O=C(Nc1ccn([C@H]2CC[C@@H](CO)O2)c(=NCCCC[C@H](NC(=O)OCc2ccccc2)C(=O)OCc2ccccc2)n1)OCc1ccccc1. The largest absolute Gasteiger partial charge is 0.459 e. The fraction of sp³-hybridized carbons (Fsp3) is 0.342. The summed E-state index contributed by atoms with van der Waals surface area (Å²) in [6.45, 7) is 0.479. The third kappa shape index (κ3) is 12.1. The molecular formula is C38H43N5O8. The van der Waals surface area contributed by atoms with Gasteiger partial charge < -0.3 is 29.4 Å². The van der Waals surface area contributed by atoms with Crippen LogP contribution in [-0.4, -0.2) is 58.1 Å². The molecule has 1 aliphatic rings. The third-order valence-electron chi connectivity index (χ3n) is 8.05. The molecule has 2 amide bonds. The monoisotopic (exact) mass is 697 g/mol. The molecule has 0 unspecified atom stereocenters. The number of carbonyl (C=O) groups excluding carboxylic acids is 3. The van der Waals surface area contributed by atoms with Crippen molar-refractivity contribution in [3.63, 3.8) is 0 Å². The van der Waals surface area contributed by atoms with Crippen LogP contribution in [-0.2, 0) is 43.6 Å². The Morgan fingerprint density at radius 2 is 1.39 bits per heavy atom. The zero-order chi connectivity index (χ0) is 35.7. The number of anilines is 1. The van der Waals surface area contributed by atoms with E-state index in [1.165, 1.54) is 0 Å². The number of aromatic nitrogens is 2. The summed E-state index contributed by atoms with van der Waals surface area (Å²) in [5, 5.41) is 14.9. The lowest BCUT2D eigenvalue weighted by Gasteiger charge is -2.18. The zero-order valence-electron chi connectivity index (χ0n) is 28.3. The molecule has 5 rings (SSSR count). The number of nitrogens with one attached hydrogen (secondary N) is 2. The summed E-state index contributed by atoms with van der Waals surface area (Å²) < 4.78 is 24.0. The van der Waals surface area contributed by atoms with Crippen molar-refractivity contribution in [2.45, 2.75) is 70.3 Å². The van der Waals surface area contributed by atoms with Gasteiger partial charge in [0.1, 0.15) is 37.9 Å². The van der Waals surface area contributed by atoms with Gasteiger partial charge in [-0.3, -0.25) is 14.9 Å². The van der Waals surface area contributed by atoms with Gasteiger partial charge in [-0.15, -0.1) is 0 Å². The average molecular weight is 698 g/mol. The predicted octanol–water partition coefficient (Wildman–Crippen LogP) is 5.41. The zero-order valence-corrected chi connectivity index (χ0v) is 28.3.